The molecule has 1 aromatic rings. The maximum absolute atomic E-state index is 11.8. The molecule has 0 saturated carbocycles. The first kappa shape index (κ1) is 18.1. The summed E-state index contributed by atoms with van der Waals surface area (Å²) < 4.78 is 5.50. The van der Waals surface area contributed by atoms with E-state index in [0.717, 1.165) is 44.5 Å². The van der Waals surface area contributed by atoms with Gasteiger partial charge in [-0.3, -0.25) is 4.79 Å². The summed E-state index contributed by atoms with van der Waals surface area (Å²) in [5.41, 5.74) is 0. The first-order valence-corrected chi connectivity index (χ1v) is 8.73. The number of carbonyl (C=O) groups is 2. The number of para-hydroxylation sites is 1. The number of ether oxygens (including phenoxy) is 1. The molecule has 6 heteroatoms. The minimum Gasteiger partial charge on any atom is -0.492 e. The van der Waals surface area contributed by atoms with Gasteiger partial charge in [0.2, 0.25) is 5.91 Å². The monoisotopic (exact) mass is 333 g/mol. The van der Waals surface area contributed by atoms with Gasteiger partial charge in [-0.05, 0) is 31.4 Å². The molecule has 0 radical (unpaired) electrons. The van der Waals surface area contributed by atoms with E-state index in [9.17, 15) is 9.59 Å². The van der Waals surface area contributed by atoms with E-state index in [4.69, 9.17) is 4.74 Å². The summed E-state index contributed by atoms with van der Waals surface area (Å²) in [6.45, 7) is 3.01. The van der Waals surface area contributed by atoms with Crippen LogP contribution in [0, 0.1) is 0 Å². The van der Waals surface area contributed by atoms with Gasteiger partial charge in [0.15, 0.2) is 0 Å². The molecule has 0 bridgehead atoms. The van der Waals surface area contributed by atoms with Gasteiger partial charge in [0.1, 0.15) is 12.4 Å². The minimum atomic E-state index is -0.200. The zero-order chi connectivity index (χ0) is 17.0. The smallest absolute Gasteiger partial charge is 0.314 e. The highest BCUT2D eigenvalue weighted by Crippen LogP contribution is 2.11. The lowest BCUT2D eigenvalue weighted by molar-refractivity contribution is -0.130. The molecule has 6 nitrogen and oxygen atoms in total. The number of amides is 3. The van der Waals surface area contributed by atoms with E-state index in [1.807, 2.05) is 35.2 Å². The number of carbonyl (C=O) groups excluding carboxylic acids is 2. The lowest BCUT2D eigenvalue weighted by atomic mass is 10.2. The van der Waals surface area contributed by atoms with Gasteiger partial charge in [-0.1, -0.05) is 24.6 Å². The lowest BCUT2D eigenvalue weighted by Gasteiger charge is -2.20. The summed E-state index contributed by atoms with van der Waals surface area (Å²) >= 11 is 0. The largest absolute Gasteiger partial charge is 0.492 e. The van der Waals surface area contributed by atoms with E-state index in [1.54, 1.807) is 0 Å². The van der Waals surface area contributed by atoms with Crippen molar-refractivity contribution in [1.82, 2.24) is 15.5 Å². The molecule has 2 N–H and O–H groups in total. The molecule has 3 amide bonds. The van der Waals surface area contributed by atoms with E-state index in [2.05, 4.69) is 10.6 Å². The molecule has 1 aromatic carbocycles. The van der Waals surface area contributed by atoms with Crippen molar-refractivity contribution >= 4 is 11.9 Å². The molecule has 1 saturated heterocycles. The molecule has 0 unspecified atom stereocenters. The van der Waals surface area contributed by atoms with Gasteiger partial charge in [0.25, 0.3) is 0 Å². The SMILES string of the molecule is O=C(NCCCN1CCCCCC1=O)NCCOc1ccccc1. The fourth-order valence-electron chi connectivity index (χ4n) is 2.66. The number of rotatable bonds is 8. The molecule has 0 aliphatic carbocycles. The Hall–Kier alpha value is -2.24. The van der Waals surface area contributed by atoms with Crippen LogP contribution < -0.4 is 15.4 Å². The van der Waals surface area contributed by atoms with Crippen LogP contribution in [0.3, 0.4) is 0 Å². The van der Waals surface area contributed by atoms with Gasteiger partial charge >= 0.3 is 6.03 Å². The molecule has 2 rings (SSSR count). The third kappa shape index (κ3) is 6.89. The third-order valence-corrected chi connectivity index (χ3v) is 3.96. The van der Waals surface area contributed by atoms with Crippen molar-refractivity contribution in [2.75, 3.05) is 32.8 Å². The molecule has 24 heavy (non-hydrogen) atoms. The van der Waals surface area contributed by atoms with Crippen LogP contribution >= 0.6 is 0 Å². The predicted molar refractivity (Wildman–Crippen MR) is 93.0 cm³/mol. The Kier molecular flexibility index (Phi) is 7.93. The van der Waals surface area contributed by atoms with E-state index in [1.165, 1.54) is 0 Å². The van der Waals surface area contributed by atoms with Gasteiger partial charge in [-0.15, -0.1) is 0 Å². The fraction of sp³-hybridized carbons (Fsp3) is 0.556. The van der Waals surface area contributed by atoms with Gasteiger partial charge in [0.05, 0.1) is 6.54 Å². The lowest BCUT2D eigenvalue weighted by Crippen LogP contribution is -2.39. The second-order valence-electron chi connectivity index (χ2n) is 5.89. The Morgan fingerprint density at radius 3 is 2.71 bits per heavy atom. The molecule has 0 spiro atoms. The van der Waals surface area contributed by atoms with Crippen LogP contribution in [0.2, 0.25) is 0 Å². The van der Waals surface area contributed by atoms with Crippen LogP contribution in [0.5, 0.6) is 5.75 Å². The molecule has 1 aliphatic heterocycles. The standard InChI is InChI=1S/C18H27N3O3/c22-17-10-5-2-6-13-21(17)14-7-11-19-18(23)20-12-15-24-16-8-3-1-4-9-16/h1,3-4,8-9H,2,5-7,10-15H2,(H2,19,20,23). The number of hydrogen-bond donors (Lipinski definition) is 2. The normalized spacial score (nSPS) is 14.8. The topological polar surface area (TPSA) is 70.7 Å². The summed E-state index contributed by atoms with van der Waals surface area (Å²) in [6, 6.07) is 9.30. The minimum absolute atomic E-state index is 0.200. The molecule has 1 aliphatic rings. The van der Waals surface area contributed by atoms with Crippen molar-refractivity contribution < 1.29 is 14.3 Å². The highest BCUT2D eigenvalue weighted by atomic mass is 16.5. The number of nitrogens with zero attached hydrogens (tertiary/aromatic N) is 1. The van der Waals surface area contributed by atoms with Crippen molar-refractivity contribution in [3.63, 3.8) is 0 Å². The van der Waals surface area contributed by atoms with E-state index < -0.39 is 0 Å². The average Bonchev–Trinajstić information content (AvgIpc) is 2.81. The van der Waals surface area contributed by atoms with Crippen LogP contribution in [0.4, 0.5) is 4.79 Å². The van der Waals surface area contributed by atoms with Crippen LogP contribution in [-0.2, 0) is 4.79 Å². The Bertz CT molecular complexity index is 507. The van der Waals surface area contributed by atoms with Crippen LogP contribution in [0.25, 0.3) is 0 Å². The number of hydrogen-bond acceptors (Lipinski definition) is 3. The second kappa shape index (κ2) is 10.5. The maximum Gasteiger partial charge on any atom is 0.314 e. The molecule has 132 valence electrons. The predicted octanol–water partition coefficient (Wildman–Crippen LogP) is 2.16. The first-order chi connectivity index (χ1) is 11.8. The maximum atomic E-state index is 11.8. The number of urea groups is 1. The highest BCUT2D eigenvalue weighted by molar-refractivity contribution is 5.76. The van der Waals surface area contributed by atoms with Gasteiger partial charge < -0.3 is 20.3 Å². The summed E-state index contributed by atoms with van der Waals surface area (Å²) in [5.74, 6) is 1.04. The number of likely N-dealkylation sites (tertiary alicyclic amines) is 1. The number of nitrogens with one attached hydrogen (secondary N) is 2. The Balaban J connectivity index is 1.49. The van der Waals surface area contributed by atoms with Crippen LogP contribution in [0.15, 0.2) is 30.3 Å². The van der Waals surface area contributed by atoms with Gasteiger partial charge in [-0.2, -0.15) is 0 Å². The summed E-state index contributed by atoms with van der Waals surface area (Å²) in [5, 5.41) is 5.56. The molecular formula is C18H27N3O3. The third-order valence-electron chi connectivity index (χ3n) is 3.96. The summed E-state index contributed by atoms with van der Waals surface area (Å²) in [6.07, 6.45) is 4.66. The van der Waals surface area contributed by atoms with Crippen molar-refractivity contribution in [3.05, 3.63) is 30.3 Å². The first-order valence-electron chi connectivity index (χ1n) is 8.73. The summed E-state index contributed by atoms with van der Waals surface area (Å²) in [4.78, 5) is 25.4. The zero-order valence-corrected chi connectivity index (χ0v) is 14.1. The average molecular weight is 333 g/mol. The highest BCUT2D eigenvalue weighted by Gasteiger charge is 2.15. The fourth-order valence-corrected chi connectivity index (χ4v) is 2.66. The van der Waals surface area contributed by atoms with E-state index >= 15 is 0 Å². The molecule has 1 heterocycles. The molecule has 0 atom stereocenters. The van der Waals surface area contributed by atoms with Crippen LogP contribution in [0.1, 0.15) is 32.1 Å². The van der Waals surface area contributed by atoms with Gasteiger partial charge in [-0.25, -0.2) is 4.79 Å². The van der Waals surface area contributed by atoms with Crippen molar-refractivity contribution in [1.29, 1.82) is 0 Å². The quantitative estimate of drug-likeness (QED) is 0.716. The number of benzene rings is 1. The van der Waals surface area contributed by atoms with E-state index in [0.29, 0.717) is 26.1 Å². The molecule has 0 aromatic heterocycles. The second-order valence-corrected chi connectivity index (χ2v) is 5.89. The van der Waals surface area contributed by atoms with Crippen molar-refractivity contribution in [2.24, 2.45) is 0 Å². The summed E-state index contributed by atoms with van der Waals surface area (Å²) in [7, 11) is 0. The van der Waals surface area contributed by atoms with Gasteiger partial charge in [0, 0.05) is 26.1 Å². The van der Waals surface area contributed by atoms with Crippen molar-refractivity contribution in [3.8, 4) is 5.75 Å². The van der Waals surface area contributed by atoms with Crippen LogP contribution in [-0.4, -0.2) is 49.6 Å². The van der Waals surface area contributed by atoms with E-state index in [-0.39, 0.29) is 11.9 Å². The Labute approximate surface area is 143 Å². The van der Waals surface area contributed by atoms with Crippen molar-refractivity contribution in [2.45, 2.75) is 32.1 Å². The Morgan fingerprint density at radius 2 is 1.88 bits per heavy atom. The molecular weight excluding hydrogens is 306 g/mol. The molecule has 1 fully saturated rings. The zero-order valence-electron chi connectivity index (χ0n) is 14.1. The Morgan fingerprint density at radius 1 is 1.08 bits per heavy atom.